The number of carbonyl (C=O) groups excluding carboxylic acids is 2. The van der Waals surface area contributed by atoms with Crippen LogP contribution in [0.5, 0.6) is 0 Å². The number of rotatable bonds is 27. The molecule has 0 spiro atoms. The predicted molar refractivity (Wildman–Crippen MR) is 177 cm³/mol. The van der Waals surface area contributed by atoms with Crippen molar-refractivity contribution in [1.82, 2.24) is 0 Å². The fraction of sp³-hybridized carbons (Fsp3) is 0.667. The van der Waals surface area contributed by atoms with Crippen molar-refractivity contribution in [2.45, 2.75) is 147 Å². The first-order valence-electron chi connectivity index (χ1n) is 17.0. The maximum Gasteiger partial charge on any atom is 1.00 e. The Balaban J connectivity index is 0.0000194. The van der Waals surface area contributed by atoms with E-state index in [-0.39, 0.29) is 75.7 Å². The average Bonchev–Trinajstić information content (AvgIpc) is 3.00. The van der Waals surface area contributed by atoms with Gasteiger partial charge in [0.25, 0.3) is 0 Å². The van der Waals surface area contributed by atoms with Crippen LogP contribution in [-0.4, -0.2) is 38.1 Å². The van der Waals surface area contributed by atoms with Crippen molar-refractivity contribution >= 4 is 22.1 Å². The molecule has 1 aromatic carbocycles. The molecule has 1 aromatic rings. The van der Waals surface area contributed by atoms with Crippen molar-refractivity contribution in [3.63, 3.8) is 0 Å². The van der Waals surface area contributed by atoms with Crippen molar-refractivity contribution in [2.24, 2.45) is 0 Å². The normalized spacial score (nSPS) is 11.6. The van der Waals surface area contributed by atoms with Crippen molar-refractivity contribution in [3.05, 3.63) is 53.6 Å². The Kier molecular flexibility index (Phi) is 28.8. The Morgan fingerprint density at radius 1 is 0.600 bits per heavy atom. The molecule has 0 amide bonds. The number of ether oxygens (including phenoxy) is 2. The topological polar surface area (TPSA) is 110 Å². The standard InChI is InChI=1S/C36H58O7S.K/c1-3-5-7-9-11-13-15-17-19-21-23-25-29-42-35(37)33-28-27-32(44(39,40)41)31-34(33)36(38)43-30-26-24-22-20-18-16-14-12-10-8-6-4-2;/h13-16,27-28,31H,3-12,17-26,29-30H2,1-2H3,(H,39,40,41);/q;+1/p-1/b15-13+,16-14+;. The third-order valence-corrected chi connectivity index (χ3v) is 8.33. The zero-order valence-electron chi connectivity index (χ0n) is 28.4. The molecule has 0 heterocycles. The molecule has 250 valence electrons. The number of benzene rings is 1. The van der Waals surface area contributed by atoms with Crippen LogP contribution < -0.4 is 51.4 Å². The third-order valence-electron chi connectivity index (χ3n) is 7.50. The molecule has 0 aliphatic heterocycles. The Morgan fingerprint density at radius 2 is 0.978 bits per heavy atom. The molecule has 0 radical (unpaired) electrons. The van der Waals surface area contributed by atoms with E-state index in [1.54, 1.807) is 0 Å². The zero-order valence-corrected chi connectivity index (χ0v) is 32.3. The van der Waals surface area contributed by atoms with Gasteiger partial charge in [-0.05, 0) is 82.4 Å². The fourth-order valence-corrected chi connectivity index (χ4v) is 5.29. The second-order valence-electron chi connectivity index (χ2n) is 11.5. The smallest absolute Gasteiger partial charge is 0.744 e. The molecule has 0 atom stereocenters. The first kappa shape index (κ1) is 44.2. The molecule has 0 aromatic heterocycles. The second kappa shape index (κ2) is 29.3. The van der Waals surface area contributed by atoms with E-state index >= 15 is 0 Å². The van der Waals surface area contributed by atoms with Crippen molar-refractivity contribution in [2.75, 3.05) is 13.2 Å². The van der Waals surface area contributed by atoms with Crippen molar-refractivity contribution < 1.29 is 83.4 Å². The fourth-order valence-electron chi connectivity index (χ4n) is 4.80. The van der Waals surface area contributed by atoms with Crippen LogP contribution in [0.15, 0.2) is 47.4 Å². The van der Waals surface area contributed by atoms with E-state index in [1.807, 2.05) is 0 Å². The quantitative estimate of drug-likeness (QED) is 0.0330. The summed E-state index contributed by atoms with van der Waals surface area (Å²) in [6, 6.07) is 3.08. The zero-order chi connectivity index (χ0) is 32.3. The molecule has 0 saturated carbocycles. The van der Waals surface area contributed by atoms with Gasteiger partial charge in [-0.25, -0.2) is 18.0 Å². The van der Waals surface area contributed by atoms with Gasteiger partial charge in [-0.2, -0.15) is 0 Å². The van der Waals surface area contributed by atoms with Gasteiger partial charge in [0, 0.05) is 0 Å². The van der Waals surface area contributed by atoms with Gasteiger partial charge in [0.1, 0.15) is 10.1 Å². The first-order chi connectivity index (χ1) is 21.3. The number of esters is 2. The molecule has 7 nitrogen and oxygen atoms in total. The molecule has 0 saturated heterocycles. The molecule has 45 heavy (non-hydrogen) atoms. The van der Waals surface area contributed by atoms with Gasteiger partial charge in [0.2, 0.25) is 0 Å². The van der Waals surface area contributed by atoms with Crippen LogP contribution >= 0.6 is 0 Å². The van der Waals surface area contributed by atoms with E-state index in [0.717, 1.165) is 82.4 Å². The minimum atomic E-state index is -4.81. The number of unbranched alkanes of at least 4 members (excludes halogenated alkanes) is 16. The van der Waals surface area contributed by atoms with Crippen LogP contribution in [0.3, 0.4) is 0 Å². The van der Waals surface area contributed by atoms with Crippen LogP contribution in [0.2, 0.25) is 0 Å². The Hall–Kier alpha value is -0.814. The molecule has 9 heteroatoms. The number of allylic oxidation sites excluding steroid dienone is 4. The van der Waals surface area contributed by atoms with Gasteiger partial charge in [-0.15, -0.1) is 0 Å². The summed E-state index contributed by atoms with van der Waals surface area (Å²) in [4.78, 5) is 25.0. The molecule has 0 unspecified atom stereocenters. The SMILES string of the molecule is CCCCCC/C=C/CCCCCCOC(=O)c1ccc(S(=O)(=O)[O-])cc1C(=O)OCCCCCC/C=C/CCCCCC.[K+]. The average molecular weight is 673 g/mol. The predicted octanol–water partition coefficient (Wildman–Crippen LogP) is 6.86. The number of hydrogen-bond acceptors (Lipinski definition) is 7. The summed E-state index contributed by atoms with van der Waals surface area (Å²) >= 11 is 0. The van der Waals surface area contributed by atoms with Gasteiger partial charge >= 0.3 is 63.3 Å². The summed E-state index contributed by atoms with van der Waals surface area (Å²) in [5.74, 6) is -1.58. The van der Waals surface area contributed by atoms with Crippen LogP contribution in [-0.2, 0) is 19.6 Å². The minimum absolute atomic E-state index is 0. The van der Waals surface area contributed by atoms with E-state index in [1.165, 1.54) is 51.4 Å². The third kappa shape index (κ3) is 23.2. The second-order valence-corrected chi connectivity index (χ2v) is 12.9. The summed E-state index contributed by atoms with van der Waals surface area (Å²) in [7, 11) is -4.81. The molecule has 1 rings (SSSR count). The summed E-state index contributed by atoms with van der Waals surface area (Å²) < 4.78 is 45.4. The van der Waals surface area contributed by atoms with Crippen LogP contribution in [0.4, 0.5) is 0 Å². The van der Waals surface area contributed by atoms with E-state index in [4.69, 9.17) is 9.47 Å². The molecule has 0 aliphatic rings. The van der Waals surface area contributed by atoms with Gasteiger partial charge < -0.3 is 14.0 Å². The van der Waals surface area contributed by atoms with Gasteiger partial charge in [0.15, 0.2) is 0 Å². The summed E-state index contributed by atoms with van der Waals surface area (Å²) in [5, 5.41) is 0. The Bertz CT molecular complexity index is 1080. The van der Waals surface area contributed by atoms with Gasteiger partial charge in [-0.3, -0.25) is 0 Å². The number of hydrogen-bond donors (Lipinski definition) is 0. The summed E-state index contributed by atoms with van der Waals surface area (Å²) in [6.07, 6.45) is 30.9. The van der Waals surface area contributed by atoms with Crippen LogP contribution in [0.25, 0.3) is 0 Å². The largest absolute Gasteiger partial charge is 1.00 e. The maximum atomic E-state index is 12.8. The Morgan fingerprint density at radius 3 is 1.38 bits per heavy atom. The Labute approximate surface area is 316 Å². The van der Waals surface area contributed by atoms with E-state index in [9.17, 15) is 22.6 Å². The van der Waals surface area contributed by atoms with Crippen molar-refractivity contribution in [1.29, 1.82) is 0 Å². The maximum absolute atomic E-state index is 12.8. The van der Waals surface area contributed by atoms with E-state index < -0.39 is 27.0 Å². The molecular formula is C36H57KO7S. The monoisotopic (exact) mass is 672 g/mol. The van der Waals surface area contributed by atoms with Gasteiger partial charge in [0.05, 0.1) is 29.2 Å². The summed E-state index contributed by atoms with van der Waals surface area (Å²) in [5.41, 5.74) is -0.370. The van der Waals surface area contributed by atoms with E-state index in [2.05, 4.69) is 38.2 Å². The van der Waals surface area contributed by atoms with Crippen LogP contribution in [0.1, 0.15) is 163 Å². The van der Waals surface area contributed by atoms with E-state index in [0.29, 0.717) is 12.8 Å². The number of carbonyl (C=O) groups is 2. The van der Waals surface area contributed by atoms with Gasteiger partial charge in [-0.1, -0.05) is 102 Å². The first-order valence-corrected chi connectivity index (χ1v) is 18.5. The molecule has 0 aliphatic carbocycles. The molecular weight excluding hydrogens is 616 g/mol. The molecule has 0 bridgehead atoms. The molecule has 0 N–H and O–H groups in total. The molecule has 0 fully saturated rings. The van der Waals surface area contributed by atoms with Crippen LogP contribution in [0, 0.1) is 0 Å². The minimum Gasteiger partial charge on any atom is -0.744 e. The summed E-state index contributed by atoms with van der Waals surface area (Å²) in [6.45, 7) is 4.76. The van der Waals surface area contributed by atoms with Crippen molar-refractivity contribution in [3.8, 4) is 0 Å².